The fraction of sp³-hybridized carbons (Fsp3) is 0.350. The molecule has 0 aliphatic carbocycles. The maximum Gasteiger partial charge on any atom is 0.265 e. The molecule has 8 heteroatoms. The third-order valence-corrected chi connectivity index (χ3v) is 5.36. The monoisotopic (exact) mass is 404 g/mol. The van der Waals surface area contributed by atoms with Crippen LogP contribution in [0.15, 0.2) is 48.5 Å². The number of benzene rings is 2. The molecule has 28 heavy (non-hydrogen) atoms. The van der Waals surface area contributed by atoms with Crippen molar-refractivity contribution in [2.24, 2.45) is 0 Å². The van der Waals surface area contributed by atoms with Crippen LogP contribution in [-0.4, -0.2) is 39.3 Å². The molecule has 0 fully saturated rings. The van der Waals surface area contributed by atoms with E-state index in [0.29, 0.717) is 17.1 Å². The maximum absolute atomic E-state index is 12.7. The number of hydrogen-bond acceptors (Lipinski definition) is 5. The van der Waals surface area contributed by atoms with E-state index < -0.39 is 16.1 Å². The molecule has 0 spiro atoms. The molecule has 3 rings (SSSR count). The molecule has 1 N–H and O–H groups in total. The number of carbonyl (C=O) groups is 1. The number of anilines is 2. The Morgan fingerprint density at radius 1 is 1.18 bits per heavy atom. The Morgan fingerprint density at radius 3 is 2.50 bits per heavy atom. The lowest BCUT2D eigenvalue weighted by atomic mass is 10.2. The molecule has 2 aromatic carbocycles. The topological polar surface area (TPSA) is 84.9 Å². The lowest BCUT2D eigenvalue weighted by Gasteiger charge is -2.20. The highest BCUT2D eigenvalue weighted by molar-refractivity contribution is 7.92. The van der Waals surface area contributed by atoms with Gasteiger partial charge in [-0.25, -0.2) is 8.42 Å². The number of fused-ring (bicyclic) bond motifs is 1. The SMILES string of the molecule is CC(C)Oc1ccc(NC(=O)[C@@H]2CCN(S(C)(=O)=O)c3ccccc3O2)cc1. The van der Waals surface area contributed by atoms with Gasteiger partial charge in [-0.05, 0) is 50.2 Å². The largest absolute Gasteiger partial charge is 0.491 e. The lowest BCUT2D eigenvalue weighted by Crippen LogP contribution is -2.35. The average Bonchev–Trinajstić information content (AvgIpc) is 2.82. The summed E-state index contributed by atoms with van der Waals surface area (Å²) < 4.78 is 37.0. The van der Waals surface area contributed by atoms with Gasteiger partial charge in [0.2, 0.25) is 10.0 Å². The summed E-state index contributed by atoms with van der Waals surface area (Å²) >= 11 is 0. The predicted molar refractivity (Wildman–Crippen MR) is 109 cm³/mol. The Balaban J connectivity index is 1.75. The van der Waals surface area contributed by atoms with Gasteiger partial charge in [-0.3, -0.25) is 9.10 Å². The Morgan fingerprint density at radius 2 is 1.86 bits per heavy atom. The van der Waals surface area contributed by atoms with E-state index in [-0.39, 0.29) is 25.0 Å². The van der Waals surface area contributed by atoms with Gasteiger partial charge in [-0.15, -0.1) is 0 Å². The van der Waals surface area contributed by atoms with Gasteiger partial charge < -0.3 is 14.8 Å². The lowest BCUT2D eigenvalue weighted by molar-refractivity contribution is -0.122. The minimum atomic E-state index is -3.48. The van der Waals surface area contributed by atoms with Gasteiger partial charge in [-0.1, -0.05) is 12.1 Å². The van der Waals surface area contributed by atoms with Gasteiger partial charge in [0.15, 0.2) is 6.10 Å². The van der Waals surface area contributed by atoms with Gasteiger partial charge in [-0.2, -0.15) is 0 Å². The number of nitrogens with one attached hydrogen (secondary N) is 1. The van der Waals surface area contributed by atoms with E-state index in [4.69, 9.17) is 9.47 Å². The van der Waals surface area contributed by atoms with Gasteiger partial charge in [0.1, 0.15) is 11.5 Å². The van der Waals surface area contributed by atoms with Crippen molar-refractivity contribution < 1.29 is 22.7 Å². The van der Waals surface area contributed by atoms with E-state index >= 15 is 0 Å². The zero-order chi connectivity index (χ0) is 20.3. The molecule has 0 aromatic heterocycles. The van der Waals surface area contributed by atoms with E-state index in [9.17, 15) is 13.2 Å². The predicted octanol–water partition coefficient (Wildman–Crippen LogP) is 3.03. The standard InChI is InChI=1S/C20H24N2O5S/c1-14(2)26-16-10-8-15(9-11-16)21-20(23)19-12-13-22(28(3,24)25)17-6-4-5-7-18(17)27-19/h4-11,14,19H,12-13H2,1-3H3,(H,21,23)/t19-/m0/s1. The van der Waals surface area contributed by atoms with Crippen molar-refractivity contribution in [3.8, 4) is 11.5 Å². The highest BCUT2D eigenvalue weighted by Gasteiger charge is 2.31. The van der Waals surface area contributed by atoms with E-state index in [1.807, 2.05) is 13.8 Å². The van der Waals surface area contributed by atoms with Crippen LogP contribution < -0.4 is 19.1 Å². The Hall–Kier alpha value is -2.74. The van der Waals surface area contributed by atoms with Gasteiger partial charge in [0.05, 0.1) is 18.0 Å². The molecular formula is C20H24N2O5S. The molecule has 1 aliphatic rings. The summed E-state index contributed by atoms with van der Waals surface area (Å²) in [6.07, 6.45) is 0.643. The molecule has 2 aromatic rings. The van der Waals surface area contributed by atoms with E-state index in [0.717, 1.165) is 12.0 Å². The molecule has 1 aliphatic heterocycles. The molecule has 1 heterocycles. The number of sulfonamides is 1. The first-order valence-corrected chi connectivity index (χ1v) is 10.9. The molecule has 0 saturated heterocycles. The first-order valence-electron chi connectivity index (χ1n) is 9.05. The minimum absolute atomic E-state index is 0.0673. The first kappa shape index (κ1) is 20.0. The van der Waals surface area contributed by atoms with Crippen LogP contribution in [-0.2, 0) is 14.8 Å². The Bertz CT molecular complexity index is 941. The molecule has 0 unspecified atom stereocenters. The van der Waals surface area contributed by atoms with Crippen LogP contribution in [0.25, 0.3) is 0 Å². The zero-order valence-electron chi connectivity index (χ0n) is 16.1. The Labute approximate surface area is 165 Å². The molecule has 0 saturated carbocycles. The van der Waals surface area contributed by atoms with Gasteiger partial charge in [0.25, 0.3) is 5.91 Å². The Kier molecular flexibility index (Phi) is 5.79. The molecule has 1 atom stereocenters. The van der Waals surface area contributed by atoms with Gasteiger partial charge in [0, 0.05) is 18.7 Å². The number of ether oxygens (including phenoxy) is 2. The molecule has 7 nitrogen and oxygen atoms in total. The van der Waals surface area contributed by atoms with Crippen LogP contribution in [0.2, 0.25) is 0 Å². The second kappa shape index (κ2) is 8.10. The van der Waals surface area contributed by atoms with Crippen molar-refractivity contribution in [2.45, 2.75) is 32.5 Å². The summed E-state index contributed by atoms with van der Waals surface area (Å²) in [6, 6.07) is 13.9. The average molecular weight is 404 g/mol. The van der Waals surface area contributed by atoms with Crippen molar-refractivity contribution in [1.82, 2.24) is 0 Å². The van der Waals surface area contributed by atoms with Crippen LogP contribution in [0.3, 0.4) is 0 Å². The van der Waals surface area contributed by atoms with E-state index in [1.54, 1.807) is 48.5 Å². The van der Waals surface area contributed by atoms with Crippen LogP contribution >= 0.6 is 0 Å². The number of amides is 1. The van der Waals surface area contributed by atoms with Crippen LogP contribution in [0.1, 0.15) is 20.3 Å². The molecule has 150 valence electrons. The normalized spacial score (nSPS) is 16.7. The summed E-state index contributed by atoms with van der Waals surface area (Å²) in [5, 5.41) is 2.82. The van der Waals surface area contributed by atoms with Crippen LogP contribution in [0.4, 0.5) is 11.4 Å². The smallest absolute Gasteiger partial charge is 0.265 e. The third kappa shape index (κ3) is 4.75. The number of para-hydroxylation sites is 2. The second-order valence-electron chi connectivity index (χ2n) is 6.88. The fourth-order valence-corrected chi connectivity index (χ4v) is 3.92. The number of rotatable bonds is 5. The van der Waals surface area contributed by atoms with Crippen molar-refractivity contribution in [2.75, 3.05) is 22.4 Å². The minimum Gasteiger partial charge on any atom is -0.491 e. The van der Waals surface area contributed by atoms with E-state index in [2.05, 4.69) is 5.32 Å². The quantitative estimate of drug-likeness (QED) is 0.828. The summed E-state index contributed by atoms with van der Waals surface area (Å²) in [5.41, 5.74) is 1.05. The molecule has 1 amide bonds. The molecule has 0 bridgehead atoms. The summed E-state index contributed by atoms with van der Waals surface area (Å²) in [6.45, 7) is 4.04. The van der Waals surface area contributed by atoms with Crippen LogP contribution in [0.5, 0.6) is 11.5 Å². The number of hydrogen-bond donors (Lipinski definition) is 1. The van der Waals surface area contributed by atoms with Gasteiger partial charge >= 0.3 is 0 Å². The summed E-state index contributed by atoms with van der Waals surface area (Å²) in [5.74, 6) is 0.755. The highest BCUT2D eigenvalue weighted by atomic mass is 32.2. The van der Waals surface area contributed by atoms with Crippen molar-refractivity contribution in [3.63, 3.8) is 0 Å². The van der Waals surface area contributed by atoms with Crippen molar-refractivity contribution in [1.29, 1.82) is 0 Å². The number of nitrogens with zero attached hydrogens (tertiary/aromatic N) is 1. The number of carbonyl (C=O) groups excluding carboxylic acids is 1. The third-order valence-electron chi connectivity index (χ3n) is 4.18. The second-order valence-corrected chi connectivity index (χ2v) is 8.79. The highest BCUT2D eigenvalue weighted by Crippen LogP contribution is 2.34. The molecule has 0 radical (unpaired) electrons. The van der Waals surface area contributed by atoms with Crippen molar-refractivity contribution in [3.05, 3.63) is 48.5 Å². The first-order chi connectivity index (χ1) is 13.2. The fourth-order valence-electron chi connectivity index (χ4n) is 2.97. The molecular weight excluding hydrogens is 380 g/mol. The summed E-state index contributed by atoms with van der Waals surface area (Å²) in [7, 11) is -3.48. The maximum atomic E-state index is 12.7. The zero-order valence-corrected chi connectivity index (χ0v) is 16.9. The summed E-state index contributed by atoms with van der Waals surface area (Å²) in [4.78, 5) is 12.7. The van der Waals surface area contributed by atoms with Crippen LogP contribution in [0, 0.1) is 0 Å². The van der Waals surface area contributed by atoms with E-state index in [1.165, 1.54) is 4.31 Å². The van der Waals surface area contributed by atoms with Crippen molar-refractivity contribution >= 4 is 27.3 Å².